The molecule has 0 spiro atoms. The molecular formula is C19H27NS. The Hall–Kier alpha value is -1.12. The Balaban J connectivity index is 2.25. The van der Waals surface area contributed by atoms with Crippen LogP contribution in [-0.4, -0.2) is 6.54 Å². The average molecular weight is 301 g/mol. The molecule has 1 unspecified atom stereocenters. The fourth-order valence-electron chi connectivity index (χ4n) is 2.49. The van der Waals surface area contributed by atoms with Crippen LogP contribution in [0.4, 0.5) is 0 Å². The highest BCUT2D eigenvalue weighted by atomic mass is 32.1. The Morgan fingerprint density at radius 1 is 1.05 bits per heavy atom. The third-order valence-corrected chi connectivity index (χ3v) is 5.09. The third kappa shape index (κ3) is 3.96. The normalized spacial score (nSPS) is 13.3. The Kier molecular flexibility index (Phi) is 5.60. The van der Waals surface area contributed by atoms with Gasteiger partial charge in [-0.15, -0.1) is 0 Å². The van der Waals surface area contributed by atoms with Gasteiger partial charge in [0.1, 0.15) is 0 Å². The van der Waals surface area contributed by atoms with Crippen molar-refractivity contribution in [2.45, 2.75) is 52.0 Å². The van der Waals surface area contributed by atoms with Crippen molar-refractivity contribution >= 4 is 11.3 Å². The molecule has 1 N–H and O–H groups in total. The molecule has 0 bridgehead atoms. The van der Waals surface area contributed by atoms with Gasteiger partial charge in [0.05, 0.1) is 6.04 Å². The summed E-state index contributed by atoms with van der Waals surface area (Å²) in [6.45, 7) is 10.1. The summed E-state index contributed by atoms with van der Waals surface area (Å²) in [5.74, 6) is 0. The summed E-state index contributed by atoms with van der Waals surface area (Å²) in [7, 11) is 0. The van der Waals surface area contributed by atoms with E-state index in [1.165, 1.54) is 16.7 Å². The predicted octanol–water partition coefficient (Wildman–Crippen LogP) is 5.52. The molecule has 0 saturated heterocycles. The van der Waals surface area contributed by atoms with Crippen LogP contribution in [-0.2, 0) is 5.41 Å². The fraction of sp³-hybridized carbons (Fsp3) is 0.474. The topological polar surface area (TPSA) is 12.0 Å². The van der Waals surface area contributed by atoms with Crippen LogP contribution < -0.4 is 5.32 Å². The summed E-state index contributed by atoms with van der Waals surface area (Å²) in [6, 6.07) is 11.7. The SMILES string of the molecule is CCCNC(c1ccc(C(C)(C)CC)cc1)c1ccsc1. The number of hydrogen-bond donors (Lipinski definition) is 1. The summed E-state index contributed by atoms with van der Waals surface area (Å²) in [5, 5.41) is 8.07. The molecule has 0 radical (unpaired) electrons. The number of hydrogen-bond acceptors (Lipinski definition) is 2. The smallest absolute Gasteiger partial charge is 0.0584 e. The molecule has 1 nitrogen and oxygen atoms in total. The number of nitrogens with one attached hydrogen (secondary N) is 1. The maximum atomic E-state index is 3.67. The second kappa shape index (κ2) is 7.24. The van der Waals surface area contributed by atoms with Crippen LogP contribution in [0.25, 0.3) is 0 Å². The molecule has 0 fully saturated rings. The van der Waals surface area contributed by atoms with Crippen molar-refractivity contribution in [1.29, 1.82) is 0 Å². The van der Waals surface area contributed by atoms with Crippen molar-refractivity contribution in [1.82, 2.24) is 5.32 Å². The highest BCUT2D eigenvalue weighted by Crippen LogP contribution is 2.29. The fourth-order valence-corrected chi connectivity index (χ4v) is 3.17. The van der Waals surface area contributed by atoms with Crippen LogP contribution in [0.2, 0.25) is 0 Å². The lowest BCUT2D eigenvalue weighted by Gasteiger charge is -2.25. The average Bonchev–Trinajstić information content (AvgIpc) is 3.02. The van der Waals surface area contributed by atoms with Crippen molar-refractivity contribution in [2.75, 3.05) is 6.54 Å². The first-order chi connectivity index (χ1) is 10.1. The largest absolute Gasteiger partial charge is 0.306 e. The van der Waals surface area contributed by atoms with Gasteiger partial charge in [0.15, 0.2) is 0 Å². The zero-order chi connectivity index (χ0) is 15.3. The van der Waals surface area contributed by atoms with Crippen LogP contribution in [0.15, 0.2) is 41.1 Å². The molecule has 0 aliphatic carbocycles. The Morgan fingerprint density at radius 3 is 2.29 bits per heavy atom. The van der Waals surface area contributed by atoms with E-state index < -0.39 is 0 Å². The van der Waals surface area contributed by atoms with E-state index in [0.29, 0.717) is 6.04 Å². The molecule has 0 aliphatic heterocycles. The molecule has 2 heteroatoms. The minimum atomic E-state index is 0.257. The summed E-state index contributed by atoms with van der Waals surface area (Å²) in [5.41, 5.74) is 4.41. The molecule has 21 heavy (non-hydrogen) atoms. The van der Waals surface area contributed by atoms with Crippen molar-refractivity contribution in [3.05, 3.63) is 57.8 Å². The molecule has 0 aliphatic rings. The lowest BCUT2D eigenvalue weighted by molar-refractivity contribution is 0.505. The van der Waals surface area contributed by atoms with E-state index in [4.69, 9.17) is 0 Å². The lowest BCUT2D eigenvalue weighted by atomic mass is 9.81. The molecule has 1 aromatic heterocycles. The minimum Gasteiger partial charge on any atom is -0.306 e. The Bertz CT molecular complexity index is 525. The number of rotatable bonds is 7. The van der Waals surface area contributed by atoms with Crippen LogP contribution in [0, 0.1) is 0 Å². The zero-order valence-electron chi connectivity index (χ0n) is 13.6. The van der Waals surface area contributed by atoms with Gasteiger partial charge in [-0.05, 0) is 58.3 Å². The molecule has 1 aromatic carbocycles. The van der Waals surface area contributed by atoms with E-state index in [1.54, 1.807) is 11.3 Å². The van der Waals surface area contributed by atoms with Crippen molar-refractivity contribution in [3.63, 3.8) is 0 Å². The maximum absolute atomic E-state index is 3.67. The van der Waals surface area contributed by atoms with Crippen LogP contribution in [0.1, 0.15) is 63.3 Å². The van der Waals surface area contributed by atoms with Crippen molar-refractivity contribution in [3.8, 4) is 0 Å². The zero-order valence-corrected chi connectivity index (χ0v) is 14.5. The van der Waals surface area contributed by atoms with Crippen LogP contribution in [0.5, 0.6) is 0 Å². The van der Waals surface area contributed by atoms with E-state index in [1.807, 2.05) is 0 Å². The minimum absolute atomic E-state index is 0.257. The van der Waals surface area contributed by atoms with Crippen molar-refractivity contribution in [2.24, 2.45) is 0 Å². The van der Waals surface area contributed by atoms with E-state index in [2.05, 4.69) is 74.1 Å². The van der Waals surface area contributed by atoms with Gasteiger partial charge in [0.2, 0.25) is 0 Å². The van der Waals surface area contributed by atoms with Gasteiger partial charge >= 0.3 is 0 Å². The quantitative estimate of drug-likeness (QED) is 0.709. The highest BCUT2D eigenvalue weighted by molar-refractivity contribution is 7.08. The van der Waals surface area contributed by atoms with Crippen LogP contribution in [0.3, 0.4) is 0 Å². The Labute approximate surface area is 133 Å². The van der Waals surface area contributed by atoms with Gasteiger partial charge < -0.3 is 5.32 Å². The molecule has 0 saturated carbocycles. The standard InChI is InChI=1S/C19H27NS/c1-5-12-20-18(16-11-13-21-14-16)15-7-9-17(10-8-15)19(3,4)6-2/h7-11,13-14,18,20H,5-6,12H2,1-4H3. The monoisotopic (exact) mass is 301 g/mol. The van der Waals surface area contributed by atoms with Gasteiger partial charge in [-0.25, -0.2) is 0 Å². The van der Waals surface area contributed by atoms with Crippen LogP contribution >= 0.6 is 11.3 Å². The van der Waals surface area contributed by atoms with Crippen molar-refractivity contribution < 1.29 is 0 Å². The molecule has 1 atom stereocenters. The second-order valence-corrected chi connectivity index (χ2v) is 7.08. The summed E-state index contributed by atoms with van der Waals surface area (Å²) < 4.78 is 0. The summed E-state index contributed by atoms with van der Waals surface area (Å²) >= 11 is 1.77. The first-order valence-electron chi connectivity index (χ1n) is 7.94. The van der Waals surface area contributed by atoms with E-state index in [9.17, 15) is 0 Å². The lowest BCUT2D eigenvalue weighted by Crippen LogP contribution is -2.23. The van der Waals surface area contributed by atoms with E-state index in [-0.39, 0.29) is 5.41 Å². The Morgan fingerprint density at radius 2 is 1.76 bits per heavy atom. The number of benzene rings is 1. The number of thiophene rings is 1. The molecular weight excluding hydrogens is 274 g/mol. The maximum Gasteiger partial charge on any atom is 0.0584 e. The summed E-state index contributed by atoms with van der Waals surface area (Å²) in [6.07, 6.45) is 2.32. The molecule has 2 rings (SSSR count). The van der Waals surface area contributed by atoms with E-state index in [0.717, 1.165) is 19.4 Å². The third-order valence-electron chi connectivity index (χ3n) is 4.38. The van der Waals surface area contributed by atoms with Gasteiger partial charge in [-0.2, -0.15) is 11.3 Å². The van der Waals surface area contributed by atoms with Gasteiger partial charge in [-0.1, -0.05) is 52.0 Å². The first-order valence-corrected chi connectivity index (χ1v) is 8.88. The second-order valence-electron chi connectivity index (χ2n) is 6.30. The molecule has 1 heterocycles. The van der Waals surface area contributed by atoms with Gasteiger partial charge in [0, 0.05) is 0 Å². The molecule has 2 aromatic rings. The first kappa shape index (κ1) is 16.3. The predicted molar refractivity (Wildman–Crippen MR) is 94.2 cm³/mol. The molecule has 114 valence electrons. The van der Waals surface area contributed by atoms with E-state index >= 15 is 0 Å². The summed E-state index contributed by atoms with van der Waals surface area (Å²) in [4.78, 5) is 0. The highest BCUT2D eigenvalue weighted by Gasteiger charge is 2.19. The van der Waals surface area contributed by atoms with Gasteiger partial charge in [-0.3, -0.25) is 0 Å². The molecule has 0 amide bonds. The van der Waals surface area contributed by atoms with Gasteiger partial charge in [0.25, 0.3) is 0 Å².